The number of nitrogens with one attached hydrogen (secondary N) is 2. The van der Waals surface area contributed by atoms with Crippen molar-refractivity contribution >= 4 is 29.7 Å². The minimum Gasteiger partial charge on any atom is -0.480 e. The van der Waals surface area contributed by atoms with Crippen molar-refractivity contribution in [1.82, 2.24) is 30.8 Å². The number of carboxylic acids is 1. The zero-order valence-corrected chi connectivity index (χ0v) is 18.7. The summed E-state index contributed by atoms with van der Waals surface area (Å²) in [6.07, 6.45) is 7.65. The van der Waals surface area contributed by atoms with Crippen LogP contribution in [0.1, 0.15) is 51.4 Å². The molecule has 2 aromatic rings. The molecule has 3 rings (SSSR count). The molecule has 2 heterocycles. The van der Waals surface area contributed by atoms with Gasteiger partial charge in [-0.25, -0.2) is 4.79 Å². The van der Waals surface area contributed by atoms with Gasteiger partial charge < -0.3 is 15.2 Å². The molecule has 0 bridgehead atoms. The average Bonchev–Trinajstić information content (AvgIpc) is 3.32. The second-order valence-electron chi connectivity index (χ2n) is 8.21. The maximum atomic E-state index is 12.9. The largest absolute Gasteiger partial charge is 0.480 e. The van der Waals surface area contributed by atoms with Gasteiger partial charge in [0.25, 0.3) is 0 Å². The first-order valence-electron chi connectivity index (χ1n) is 10.9. The Kier molecular flexibility index (Phi) is 7.80. The van der Waals surface area contributed by atoms with Gasteiger partial charge in [0.2, 0.25) is 5.91 Å². The van der Waals surface area contributed by atoms with Gasteiger partial charge in [0.1, 0.15) is 6.04 Å². The van der Waals surface area contributed by atoms with E-state index >= 15 is 0 Å². The van der Waals surface area contributed by atoms with Gasteiger partial charge in [0.05, 0.1) is 0 Å². The molecule has 1 aliphatic rings. The number of tetrazole rings is 1. The molecule has 10 heteroatoms. The van der Waals surface area contributed by atoms with Crippen LogP contribution in [0.3, 0.4) is 0 Å². The summed E-state index contributed by atoms with van der Waals surface area (Å²) in [5.74, 6) is -0.781. The summed E-state index contributed by atoms with van der Waals surface area (Å²) >= 11 is 0. The van der Waals surface area contributed by atoms with Crippen LogP contribution in [0.4, 0.5) is 0 Å². The van der Waals surface area contributed by atoms with E-state index in [1.54, 1.807) is 0 Å². The average molecular weight is 436 g/mol. The highest BCUT2D eigenvalue weighted by Gasteiger charge is 2.32. The molecule has 1 aromatic heterocycles. The van der Waals surface area contributed by atoms with Crippen molar-refractivity contribution in [3.63, 3.8) is 0 Å². The van der Waals surface area contributed by atoms with Crippen LogP contribution in [0.5, 0.6) is 0 Å². The van der Waals surface area contributed by atoms with Crippen molar-refractivity contribution in [3.05, 3.63) is 54.0 Å². The number of aliphatic carboxylic acids is 1. The first-order valence-corrected chi connectivity index (χ1v) is 10.9. The van der Waals surface area contributed by atoms with Gasteiger partial charge in [-0.05, 0) is 40.9 Å². The van der Waals surface area contributed by atoms with Gasteiger partial charge in [-0.1, -0.05) is 63.0 Å². The predicted octanol–water partition coefficient (Wildman–Crippen LogP) is 1.77. The molecule has 0 saturated heterocycles. The van der Waals surface area contributed by atoms with E-state index in [1.165, 1.54) is 4.90 Å². The van der Waals surface area contributed by atoms with Crippen LogP contribution in [0.2, 0.25) is 0 Å². The fourth-order valence-corrected chi connectivity index (χ4v) is 3.86. The van der Waals surface area contributed by atoms with Crippen molar-refractivity contribution in [2.75, 3.05) is 0 Å². The Labute approximate surface area is 188 Å². The number of nitrogens with zero attached hydrogens (tertiary/aromatic N) is 4. The number of amides is 1. The number of hydrogen-bond acceptors (Lipinski definition) is 6. The zero-order chi connectivity index (χ0) is 23.1. The third kappa shape index (κ3) is 5.43. The first kappa shape index (κ1) is 23.2. The molecule has 9 nitrogen and oxygen atoms in total. The first-order chi connectivity index (χ1) is 15.4. The van der Waals surface area contributed by atoms with E-state index in [0.717, 1.165) is 29.3 Å². The van der Waals surface area contributed by atoms with Crippen LogP contribution in [-0.4, -0.2) is 55.4 Å². The second-order valence-corrected chi connectivity index (χ2v) is 8.21. The van der Waals surface area contributed by atoms with Crippen molar-refractivity contribution in [2.24, 2.45) is 5.92 Å². The van der Waals surface area contributed by atoms with E-state index in [4.69, 9.17) is 0 Å². The smallest absolute Gasteiger partial charge is 0.326 e. The fourth-order valence-electron chi connectivity index (χ4n) is 3.86. The SMILES string of the molecule is CCCCC(=O)N(Cc1ccc(B2NC=CC=C2c2nn[nH]n2)cc1)C(C(=O)O)C(C)C. The van der Waals surface area contributed by atoms with Gasteiger partial charge in [-0.3, -0.25) is 4.79 Å². The van der Waals surface area contributed by atoms with E-state index in [1.807, 2.05) is 63.4 Å². The van der Waals surface area contributed by atoms with E-state index in [-0.39, 0.29) is 25.2 Å². The van der Waals surface area contributed by atoms with Gasteiger partial charge >= 0.3 is 12.8 Å². The Morgan fingerprint density at radius 3 is 2.56 bits per heavy atom. The molecular formula is C22H29BN6O3. The molecule has 1 aliphatic heterocycles. The van der Waals surface area contributed by atoms with Gasteiger partial charge in [0.15, 0.2) is 5.82 Å². The van der Waals surface area contributed by atoms with Crippen LogP contribution in [0, 0.1) is 5.92 Å². The highest BCUT2D eigenvalue weighted by molar-refractivity contribution is 6.88. The summed E-state index contributed by atoms with van der Waals surface area (Å²) in [6, 6.07) is 6.95. The topological polar surface area (TPSA) is 124 Å². The molecule has 3 N–H and O–H groups in total. The summed E-state index contributed by atoms with van der Waals surface area (Å²) in [5.41, 5.74) is 2.76. The fraction of sp³-hybridized carbons (Fsp3) is 0.409. The highest BCUT2D eigenvalue weighted by atomic mass is 16.4. The number of carbonyl (C=O) groups excluding carboxylic acids is 1. The van der Waals surface area contributed by atoms with Crippen molar-refractivity contribution in [3.8, 4) is 0 Å². The number of carboxylic acid groups (broad SMARTS) is 1. The zero-order valence-electron chi connectivity index (χ0n) is 18.7. The summed E-state index contributed by atoms with van der Waals surface area (Å²) in [5, 5.41) is 27.4. The molecule has 1 amide bonds. The van der Waals surface area contributed by atoms with Crippen LogP contribution < -0.4 is 10.7 Å². The number of carbonyl (C=O) groups is 2. The lowest BCUT2D eigenvalue weighted by Crippen LogP contribution is -2.47. The third-order valence-corrected chi connectivity index (χ3v) is 5.50. The number of hydrogen-bond donors (Lipinski definition) is 3. The summed E-state index contributed by atoms with van der Waals surface area (Å²) in [4.78, 5) is 26.3. The molecule has 0 aliphatic carbocycles. The van der Waals surface area contributed by atoms with Gasteiger partial charge in [-0.15, -0.1) is 10.2 Å². The quantitative estimate of drug-likeness (QED) is 0.485. The van der Waals surface area contributed by atoms with Crippen LogP contribution in [0.25, 0.3) is 5.47 Å². The highest BCUT2D eigenvalue weighted by Crippen LogP contribution is 2.19. The Balaban J connectivity index is 1.81. The van der Waals surface area contributed by atoms with E-state index in [2.05, 4.69) is 25.9 Å². The Morgan fingerprint density at radius 2 is 1.97 bits per heavy atom. The molecule has 168 valence electrons. The number of aromatic amines is 1. The monoisotopic (exact) mass is 436 g/mol. The van der Waals surface area contributed by atoms with Crippen LogP contribution in [0.15, 0.2) is 42.6 Å². The maximum Gasteiger partial charge on any atom is 0.326 e. The van der Waals surface area contributed by atoms with E-state index < -0.39 is 12.0 Å². The Bertz CT molecular complexity index is 972. The minimum atomic E-state index is -0.977. The minimum absolute atomic E-state index is 0.126. The van der Waals surface area contributed by atoms with Gasteiger partial charge in [0, 0.05) is 13.0 Å². The molecule has 32 heavy (non-hydrogen) atoms. The number of unbranched alkanes of at least 4 members (excludes halogenated alkanes) is 1. The number of benzene rings is 1. The molecular weight excluding hydrogens is 407 g/mol. The van der Waals surface area contributed by atoms with Crippen molar-refractivity contribution < 1.29 is 14.7 Å². The lowest BCUT2D eigenvalue weighted by atomic mass is 9.49. The maximum absolute atomic E-state index is 12.9. The molecule has 1 atom stereocenters. The molecule has 0 radical (unpaired) electrons. The molecule has 0 fully saturated rings. The van der Waals surface area contributed by atoms with E-state index in [0.29, 0.717) is 12.2 Å². The molecule has 0 spiro atoms. The Hall–Kier alpha value is -3.43. The summed E-state index contributed by atoms with van der Waals surface area (Å²) in [6.45, 7) is 5.78. The Morgan fingerprint density at radius 1 is 1.22 bits per heavy atom. The third-order valence-electron chi connectivity index (χ3n) is 5.50. The van der Waals surface area contributed by atoms with Gasteiger partial charge in [-0.2, -0.15) is 5.21 Å². The normalized spacial score (nSPS) is 14.1. The predicted molar refractivity (Wildman–Crippen MR) is 123 cm³/mol. The standard InChI is InChI=1S/C22H29BN6O3/c1-4-5-8-19(30)29(20(15(2)3)22(31)32)14-16-9-11-17(12-10-16)23-18(7-6-13-24-23)21-25-27-28-26-21/h6-7,9-13,15,20,24H,4-5,8,14H2,1-3H3,(H,31,32)(H,25,26,27,28). The lowest BCUT2D eigenvalue weighted by molar-refractivity contribution is -0.153. The molecule has 0 saturated carbocycles. The van der Waals surface area contributed by atoms with Crippen molar-refractivity contribution in [2.45, 2.75) is 52.6 Å². The van der Waals surface area contributed by atoms with Crippen molar-refractivity contribution in [1.29, 1.82) is 0 Å². The number of rotatable bonds is 10. The lowest BCUT2D eigenvalue weighted by Gasteiger charge is -2.32. The van der Waals surface area contributed by atoms with Crippen LogP contribution in [-0.2, 0) is 16.1 Å². The number of H-pyrrole nitrogens is 1. The van der Waals surface area contributed by atoms with E-state index in [9.17, 15) is 14.7 Å². The summed E-state index contributed by atoms with van der Waals surface area (Å²) in [7, 11) is 0. The van der Waals surface area contributed by atoms with Crippen LogP contribution >= 0.6 is 0 Å². The number of allylic oxidation sites excluding steroid dienone is 2. The molecule has 1 aromatic carbocycles. The molecule has 1 unspecified atom stereocenters. The second kappa shape index (κ2) is 10.7. The summed E-state index contributed by atoms with van der Waals surface area (Å²) < 4.78 is 0. The number of aromatic nitrogens is 4.